The third kappa shape index (κ3) is 7.97. The summed E-state index contributed by atoms with van der Waals surface area (Å²) in [5.41, 5.74) is 0.983. The molecule has 0 saturated carbocycles. The Kier molecular flexibility index (Phi) is 12.7. The summed E-state index contributed by atoms with van der Waals surface area (Å²) in [6, 6.07) is 9.71. The van der Waals surface area contributed by atoms with E-state index in [1.165, 1.54) is 13.8 Å². The van der Waals surface area contributed by atoms with E-state index in [0.29, 0.717) is 6.61 Å². The number of alkyl halides is 1. The molecule has 4 unspecified atom stereocenters. The first-order chi connectivity index (χ1) is 20.8. The number of rotatable bonds is 12. The highest BCUT2D eigenvalue weighted by atomic mass is 19.1. The van der Waals surface area contributed by atoms with E-state index < -0.39 is 72.2 Å². The zero-order valence-corrected chi connectivity index (χ0v) is 27.3. The lowest BCUT2D eigenvalue weighted by atomic mass is 9.77. The van der Waals surface area contributed by atoms with Gasteiger partial charge in [0.25, 0.3) is 0 Å². The molecule has 2 aliphatic heterocycles. The second-order valence-corrected chi connectivity index (χ2v) is 12.2. The van der Waals surface area contributed by atoms with Crippen molar-refractivity contribution in [2.24, 2.45) is 23.7 Å². The van der Waals surface area contributed by atoms with Gasteiger partial charge in [0.2, 0.25) is 0 Å². The molecular weight excluding hydrogens is 575 g/mol. The van der Waals surface area contributed by atoms with Gasteiger partial charge in [0.1, 0.15) is 18.3 Å². The van der Waals surface area contributed by atoms with Gasteiger partial charge in [0.05, 0.1) is 32.5 Å². The summed E-state index contributed by atoms with van der Waals surface area (Å²) in [6.45, 7) is 13.7. The summed E-state index contributed by atoms with van der Waals surface area (Å²) in [5, 5.41) is 0. The van der Waals surface area contributed by atoms with Gasteiger partial charge in [-0.1, -0.05) is 65.0 Å². The molecule has 2 fully saturated rings. The highest BCUT2D eigenvalue weighted by molar-refractivity contribution is 5.79. The first kappa shape index (κ1) is 35.9. The van der Waals surface area contributed by atoms with Crippen LogP contribution in [0.4, 0.5) is 4.39 Å². The van der Waals surface area contributed by atoms with Crippen LogP contribution in [0.5, 0.6) is 0 Å². The number of carbonyl (C=O) groups excluding carboxylic acids is 3. The second-order valence-electron chi connectivity index (χ2n) is 12.2. The smallest absolute Gasteiger partial charge is 0.369 e. The van der Waals surface area contributed by atoms with Crippen LogP contribution < -0.4 is 0 Å². The maximum Gasteiger partial charge on any atom is 0.369 e. The average Bonchev–Trinajstić information content (AvgIpc) is 3.00. The van der Waals surface area contributed by atoms with Gasteiger partial charge >= 0.3 is 23.7 Å². The van der Waals surface area contributed by atoms with Gasteiger partial charge < -0.3 is 33.2 Å². The number of halogens is 1. The number of hydrogen-bond acceptors (Lipinski definition) is 10. The number of ether oxygens (including phenoxy) is 7. The minimum Gasteiger partial charge on any atom is -0.465 e. The SMILES string of the molecule is CC[C@@H](OC(C)=O)[C@@H](OC(C)=O)C1O[C@@](OCC2O[C@@H](C)C(C)[C@@H](C)[C@H]2OCc2ccccc2)(C(=O)OC)C(F)[C@@H](C)[C@H]1C. The van der Waals surface area contributed by atoms with E-state index in [1.807, 2.05) is 37.3 Å². The second kappa shape index (κ2) is 15.6. The van der Waals surface area contributed by atoms with Crippen LogP contribution in [0, 0.1) is 23.7 Å². The van der Waals surface area contributed by atoms with Crippen molar-refractivity contribution >= 4 is 17.9 Å². The van der Waals surface area contributed by atoms with E-state index in [4.69, 9.17) is 33.2 Å². The molecule has 1 aromatic rings. The van der Waals surface area contributed by atoms with Crippen molar-refractivity contribution in [1.82, 2.24) is 0 Å². The van der Waals surface area contributed by atoms with Crippen LogP contribution in [0.15, 0.2) is 30.3 Å². The summed E-state index contributed by atoms with van der Waals surface area (Å²) in [4.78, 5) is 37.5. The molecule has 12 atom stereocenters. The van der Waals surface area contributed by atoms with E-state index in [-0.39, 0.29) is 31.0 Å². The Morgan fingerprint density at radius 3 is 2.14 bits per heavy atom. The molecule has 44 heavy (non-hydrogen) atoms. The van der Waals surface area contributed by atoms with E-state index >= 15 is 4.39 Å². The molecular formula is C33H49FO10. The van der Waals surface area contributed by atoms with Gasteiger partial charge in [-0.15, -0.1) is 0 Å². The van der Waals surface area contributed by atoms with Crippen LogP contribution in [0.2, 0.25) is 0 Å². The van der Waals surface area contributed by atoms with Crippen molar-refractivity contribution < 1.29 is 51.9 Å². The first-order valence-corrected chi connectivity index (χ1v) is 15.5. The average molecular weight is 625 g/mol. The van der Waals surface area contributed by atoms with Crippen LogP contribution in [0.3, 0.4) is 0 Å². The monoisotopic (exact) mass is 624 g/mol. The Hall–Kier alpha value is -2.60. The fourth-order valence-corrected chi connectivity index (χ4v) is 6.18. The third-order valence-electron chi connectivity index (χ3n) is 9.26. The fourth-order valence-electron chi connectivity index (χ4n) is 6.18. The van der Waals surface area contributed by atoms with Gasteiger partial charge in [-0.2, -0.15) is 0 Å². The summed E-state index contributed by atoms with van der Waals surface area (Å²) in [7, 11) is 1.12. The molecule has 2 heterocycles. The van der Waals surface area contributed by atoms with Crippen molar-refractivity contribution in [3.8, 4) is 0 Å². The van der Waals surface area contributed by atoms with Crippen LogP contribution in [-0.4, -0.2) is 80.2 Å². The Morgan fingerprint density at radius 2 is 1.57 bits per heavy atom. The van der Waals surface area contributed by atoms with Crippen molar-refractivity contribution in [1.29, 1.82) is 0 Å². The molecule has 0 amide bonds. The fraction of sp³-hybridized carbons (Fsp3) is 0.727. The van der Waals surface area contributed by atoms with Gasteiger partial charge in [-0.05, 0) is 42.6 Å². The highest BCUT2D eigenvalue weighted by Crippen LogP contribution is 2.44. The highest BCUT2D eigenvalue weighted by Gasteiger charge is 2.62. The topological polar surface area (TPSA) is 116 Å². The minimum absolute atomic E-state index is 0.0488. The molecule has 3 rings (SSSR count). The summed E-state index contributed by atoms with van der Waals surface area (Å²) in [6.07, 6.45) is -6.09. The quantitative estimate of drug-likeness (QED) is 0.237. The standard InChI is InChI=1S/C33H49FO10/c1-10-26(42-23(7)35)30(43-24(8)36)29-20(4)21(5)31(34)33(44-29,32(37)38-9)40-17-27-28(19(3)18(2)22(6)41-27)39-16-25-14-12-11-13-15-25/h11-15,18-22,26-31H,10,16-17H2,1-9H3/t18?,19-,20-,21+,22+,26-,27?,28-,29?,30-,31?,33-/m1/s1. The number of esters is 3. The zero-order valence-electron chi connectivity index (χ0n) is 27.3. The van der Waals surface area contributed by atoms with E-state index in [1.54, 1.807) is 20.8 Å². The lowest BCUT2D eigenvalue weighted by molar-refractivity contribution is -0.345. The third-order valence-corrected chi connectivity index (χ3v) is 9.26. The number of carbonyl (C=O) groups is 3. The van der Waals surface area contributed by atoms with Crippen LogP contribution in [-0.2, 0) is 54.1 Å². The Balaban J connectivity index is 1.95. The van der Waals surface area contributed by atoms with Crippen LogP contribution in [0.1, 0.15) is 67.4 Å². The van der Waals surface area contributed by atoms with Gasteiger partial charge in [-0.25, -0.2) is 9.18 Å². The van der Waals surface area contributed by atoms with Crippen LogP contribution in [0.25, 0.3) is 0 Å². The van der Waals surface area contributed by atoms with Crippen molar-refractivity contribution in [2.45, 2.75) is 117 Å². The van der Waals surface area contributed by atoms with Crippen molar-refractivity contribution in [3.63, 3.8) is 0 Å². The predicted molar refractivity (Wildman–Crippen MR) is 158 cm³/mol. The number of methoxy groups -OCH3 is 1. The van der Waals surface area contributed by atoms with Gasteiger partial charge in [0.15, 0.2) is 12.3 Å². The summed E-state index contributed by atoms with van der Waals surface area (Å²) in [5.74, 6) is -6.01. The molecule has 0 spiro atoms. The largest absolute Gasteiger partial charge is 0.465 e. The Morgan fingerprint density at radius 1 is 0.932 bits per heavy atom. The Bertz CT molecular complexity index is 1100. The number of hydrogen-bond donors (Lipinski definition) is 0. The van der Waals surface area contributed by atoms with E-state index in [0.717, 1.165) is 12.7 Å². The maximum atomic E-state index is 16.4. The Labute approximate surface area is 260 Å². The van der Waals surface area contributed by atoms with Gasteiger partial charge in [-0.3, -0.25) is 9.59 Å². The minimum atomic E-state index is -2.51. The molecule has 0 N–H and O–H groups in total. The lowest BCUT2D eigenvalue weighted by Crippen LogP contribution is -2.66. The van der Waals surface area contributed by atoms with Crippen LogP contribution >= 0.6 is 0 Å². The van der Waals surface area contributed by atoms with Crippen molar-refractivity contribution in [3.05, 3.63) is 35.9 Å². The van der Waals surface area contributed by atoms with Crippen molar-refractivity contribution in [2.75, 3.05) is 13.7 Å². The molecule has 2 aliphatic rings. The lowest BCUT2D eigenvalue weighted by Gasteiger charge is -2.50. The summed E-state index contributed by atoms with van der Waals surface area (Å²) >= 11 is 0. The molecule has 248 valence electrons. The molecule has 11 heteroatoms. The number of benzene rings is 1. The van der Waals surface area contributed by atoms with Gasteiger partial charge in [0, 0.05) is 13.8 Å². The summed E-state index contributed by atoms with van der Waals surface area (Å²) < 4.78 is 57.6. The van der Waals surface area contributed by atoms with E-state index in [2.05, 4.69) is 13.8 Å². The maximum absolute atomic E-state index is 16.4. The predicted octanol–water partition coefficient (Wildman–Crippen LogP) is 4.80. The molecule has 0 bridgehead atoms. The molecule has 10 nitrogen and oxygen atoms in total. The zero-order chi connectivity index (χ0) is 32.8. The normalized spacial score (nSPS) is 35.3. The molecule has 0 aromatic heterocycles. The molecule has 1 aromatic carbocycles. The molecule has 0 radical (unpaired) electrons. The molecule has 2 saturated heterocycles. The molecule has 0 aliphatic carbocycles. The first-order valence-electron chi connectivity index (χ1n) is 15.5. The van der Waals surface area contributed by atoms with E-state index in [9.17, 15) is 14.4 Å².